The van der Waals surface area contributed by atoms with E-state index in [1.165, 1.54) is 0 Å². The van der Waals surface area contributed by atoms with Crippen LogP contribution in [0.2, 0.25) is 15.1 Å². The van der Waals surface area contributed by atoms with Crippen LogP contribution < -0.4 is 0 Å². The quantitative estimate of drug-likeness (QED) is 0.609. The maximum absolute atomic E-state index is 11.0. The number of carboxylic acids is 1. The molecule has 0 radical (unpaired) electrons. The van der Waals surface area contributed by atoms with Crippen molar-refractivity contribution < 1.29 is 19.8 Å². The van der Waals surface area contributed by atoms with Crippen LogP contribution in [0.1, 0.15) is 42.9 Å². The van der Waals surface area contributed by atoms with Gasteiger partial charge in [0.05, 0.1) is 32.3 Å². The normalized spacial score (nSPS) is 28.4. The van der Waals surface area contributed by atoms with Gasteiger partial charge in [0.15, 0.2) is 5.60 Å². The number of rotatable bonds is 4. The van der Waals surface area contributed by atoms with E-state index in [0.29, 0.717) is 27.1 Å². The summed E-state index contributed by atoms with van der Waals surface area (Å²) in [5.41, 5.74) is 1.29. The number of oxime groups is 1. The molecule has 1 fully saturated rings. The highest BCUT2D eigenvalue weighted by molar-refractivity contribution is 6.48. The first-order chi connectivity index (χ1) is 13.6. The Morgan fingerprint density at radius 1 is 1.10 bits per heavy atom. The van der Waals surface area contributed by atoms with Crippen LogP contribution >= 0.6 is 34.8 Å². The van der Waals surface area contributed by atoms with Crippen molar-refractivity contribution >= 4 is 46.5 Å². The molecule has 29 heavy (non-hydrogen) atoms. The zero-order valence-corrected chi connectivity index (χ0v) is 17.7. The number of hydrogen-bond donors (Lipinski definition) is 2. The molecule has 2 aromatic rings. The van der Waals surface area contributed by atoms with Crippen LogP contribution in [0.3, 0.4) is 0 Å². The standard InChI is InChI=1S/C21H18Cl3NO4/c1-20(14-6-15(22)18(24)16(23)7-14)10-17(25-29-20)11-2-4-13(5-3-11)21(28)8-12(9-21)19(26)27/h2-7,12,28H,8-10H2,1H3,(H,26,27). The summed E-state index contributed by atoms with van der Waals surface area (Å²) in [7, 11) is 0. The molecule has 4 rings (SSSR count). The van der Waals surface area contributed by atoms with E-state index in [2.05, 4.69) is 5.16 Å². The van der Waals surface area contributed by atoms with E-state index in [9.17, 15) is 9.90 Å². The molecule has 0 spiro atoms. The molecule has 1 saturated carbocycles. The van der Waals surface area contributed by atoms with Crippen LogP contribution in [0.25, 0.3) is 0 Å². The number of nitrogens with zero attached hydrogens (tertiary/aromatic N) is 1. The Bertz CT molecular complexity index is 992. The predicted octanol–water partition coefficient (Wildman–Crippen LogP) is 5.37. The molecule has 1 aliphatic carbocycles. The Morgan fingerprint density at radius 2 is 1.69 bits per heavy atom. The number of carbonyl (C=O) groups is 1. The van der Waals surface area contributed by atoms with Gasteiger partial charge in [-0.25, -0.2) is 0 Å². The lowest BCUT2D eigenvalue weighted by Crippen LogP contribution is -2.44. The van der Waals surface area contributed by atoms with Crippen molar-refractivity contribution in [1.82, 2.24) is 0 Å². The second-order valence-corrected chi connectivity index (χ2v) is 9.04. The Balaban J connectivity index is 1.50. The minimum Gasteiger partial charge on any atom is -0.481 e. The third kappa shape index (κ3) is 3.61. The van der Waals surface area contributed by atoms with Crippen molar-refractivity contribution in [3.63, 3.8) is 0 Å². The molecule has 8 heteroatoms. The summed E-state index contributed by atoms with van der Waals surface area (Å²) in [5.74, 6) is -1.36. The lowest BCUT2D eigenvalue weighted by Gasteiger charge is -2.41. The molecule has 0 aromatic heterocycles. The molecular weight excluding hydrogens is 437 g/mol. The maximum Gasteiger partial charge on any atom is 0.306 e. The highest BCUT2D eigenvalue weighted by Gasteiger charge is 2.47. The van der Waals surface area contributed by atoms with Crippen molar-refractivity contribution in [1.29, 1.82) is 0 Å². The number of hydrogen-bond acceptors (Lipinski definition) is 4. The van der Waals surface area contributed by atoms with Gasteiger partial charge in [0.2, 0.25) is 0 Å². The monoisotopic (exact) mass is 453 g/mol. The van der Waals surface area contributed by atoms with E-state index in [-0.39, 0.29) is 12.8 Å². The molecule has 2 aromatic carbocycles. The third-order valence-corrected chi connectivity index (χ3v) is 6.93. The zero-order chi connectivity index (χ0) is 21.0. The minimum absolute atomic E-state index is 0.224. The van der Waals surface area contributed by atoms with Crippen molar-refractivity contribution in [2.24, 2.45) is 11.1 Å². The predicted molar refractivity (Wildman–Crippen MR) is 112 cm³/mol. The molecule has 1 unspecified atom stereocenters. The fourth-order valence-electron chi connectivity index (χ4n) is 3.85. The SMILES string of the molecule is CC1(c2cc(Cl)c(Cl)c(Cl)c2)CC(c2ccc(C3(O)CC(C(=O)O)C3)cc2)=NO1. The second kappa shape index (κ2) is 7.17. The first-order valence-electron chi connectivity index (χ1n) is 9.07. The molecule has 2 aliphatic rings. The number of carboxylic acid groups (broad SMARTS) is 1. The lowest BCUT2D eigenvalue weighted by atomic mass is 9.67. The van der Waals surface area contributed by atoms with Crippen LogP contribution in [0.15, 0.2) is 41.6 Å². The van der Waals surface area contributed by atoms with E-state index in [0.717, 1.165) is 16.8 Å². The van der Waals surface area contributed by atoms with Gasteiger partial charge < -0.3 is 15.1 Å². The molecule has 2 N–H and O–H groups in total. The number of aliphatic hydroxyl groups is 1. The Labute approximate surface area is 182 Å². The maximum atomic E-state index is 11.0. The first-order valence-corrected chi connectivity index (χ1v) is 10.2. The van der Waals surface area contributed by atoms with Gasteiger partial charge in [-0.1, -0.05) is 64.2 Å². The average molecular weight is 455 g/mol. The number of aliphatic carboxylic acids is 1. The molecule has 5 nitrogen and oxygen atoms in total. The summed E-state index contributed by atoms with van der Waals surface area (Å²) in [6.07, 6.45) is 0.954. The Morgan fingerprint density at radius 3 is 2.24 bits per heavy atom. The van der Waals surface area contributed by atoms with Gasteiger partial charge in [-0.2, -0.15) is 0 Å². The zero-order valence-electron chi connectivity index (χ0n) is 15.5. The van der Waals surface area contributed by atoms with Gasteiger partial charge in [0.1, 0.15) is 0 Å². The number of benzene rings is 2. The Kier molecular flexibility index (Phi) is 5.06. The molecule has 0 saturated heterocycles. The highest BCUT2D eigenvalue weighted by Crippen LogP contribution is 2.46. The summed E-state index contributed by atoms with van der Waals surface area (Å²) < 4.78 is 0. The molecule has 0 bridgehead atoms. The first kappa shape index (κ1) is 20.5. The van der Waals surface area contributed by atoms with Crippen LogP contribution in [-0.2, 0) is 20.8 Å². The van der Waals surface area contributed by atoms with E-state index < -0.39 is 23.1 Å². The van der Waals surface area contributed by atoms with E-state index in [4.69, 9.17) is 44.7 Å². The molecule has 152 valence electrons. The fourth-order valence-corrected chi connectivity index (χ4v) is 4.45. The van der Waals surface area contributed by atoms with Crippen LogP contribution in [0.5, 0.6) is 0 Å². The summed E-state index contributed by atoms with van der Waals surface area (Å²) in [6.45, 7) is 1.90. The summed E-state index contributed by atoms with van der Waals surface area (Å²) in [4.78, 5) is 16.7. The van der Waals surface area contributed by atoms with Gasteiger partial charge in [-0.15, -0.1) is 0 Å². The molecule has 1 atom stereocenters. The molecular formula is C21H18Cl3NO4. The third-order valence-electron chi connectivity index (χ3n) is 5.73. The van der Waals surface area contributed by atoms with E-state index in [1.807, 2.05) is 31.2 Å². The average Bonchev–Trinajstić information content (AvgIpc) is 3.06. The van der Waals surface area contributed by atoms with Gasteiger partial charge in [-0.3, -0.25) is 4.79 Å². The Hall–Kier alpha value is -1.79. The summed E-state index contributed by atoms with van der Waals surface area (Å²) in [5, 5.41) is 24.9. The minimum atomic E-state index is -1.08. The van der Waals surface area contributed by atoms with E-state index >= 15 is 0 Å². The second-order valence-electron chi connectivity index (χ2n) is 7.84. The van der Waals surface area contributed by atoms with Crippen LogP contribution in [0, 0.1) is 5.92 Å². The van der Waals surface area contributed by atoms with Gasteiger partial charge in [0, 0.05) is 12.0 Å². The van der Waals surface area contributed by atoms with Crippen molar-refractivity contribution in [3.8, 4) is 0 Å². The van der Waals surface area contributed by atoms with Gasteiger partial charge in [-0.05, 0) is 43.0 Å². The topological polar surface area (TPSA) is 79.1 Å². The van der Waals surface area contributed by atoms with Crippen molar-refractivity contribution in [2.45, 2.75) is 37.4 Å². The summed E-state index contributed by atoms with van der Waals surface area (Å²) in [6, 6.07) is 10.8. The number of halogens is 3. The molecule has 0 amide bonds. The van der Waals surface area contributed by atoms with Gasteiger partial charge >= 0.3 is 5.97 Å². The smallest absolute Gasteiger partial charge is 0.306 e. The molecule has 1 aliphatic heterocycles. The largest absolute Gasteiger partial charge is 0.481 e. The lowest BCUT2D eigenvalue weighted by molar-refractivity contribution is -0.159. The van der Waals surface area contributed by atoms with Crippen LogP contribution in [0.4, 0.5) is 0 Å². The summed E-state index contributed by atoms with van der Waals surface area (Å²) >= 11 is 18.3. The van der Waals surface area contributed by atoms with E-state index in [1.54, 1.807) is 12.1 Å². The van der Waals surface area contributed by atoms with Gasteiger partial charge in [0.25, 0.3) is 0 Å². The van der Waals surface area contributed by atoms with Crippen molar-refractivity contribution in [2.75, 3.05) is 0 Å². The highest BCUT2D eigenvalue weighted by atomic mass is 35.5. The fraction of sp³-hybridized carbons (Fsp3) is 0.333. The van der Waals surface area contributed by atoms with Crippen molar-refractivity contribution in [3.05, 3.63) is 68.2 Å². The van der Waals surface area contributed by atoms with Crippen LogP contribution in [-0.4, -0.2) is 21.9 Å². The molecule has 1 heterocycles.